The monoisotopic (exact) mass is 444 g/mol. The Kier molecular flexibility index (Phi) is 6.51. The first-order chi connectivity index (χ1) is 14.1. The fourth-order valence-electron chi connectivity index (χ4n) is 4.03. The van der Waals surface area contributed by atoms with Crippen molar-refractivity contribution >= 4 is 28.9 Å². The zero-order valence-corrected chi connectivity index (χ0v) is 17.2. The molecule has 2 saturated heterocycles. The Morgan fingerprint density at radius 1 is 1.33 bits per heavy atom. The number of likely N-dealkylation sites (tertiary alicyclic amines) is 1. The molecule has 0 radical (unpaired) electrons. The second-order valence-electron chi connectivity index (χ2n) is 7.61. The SMILES string of the molecule is Cn1cc(CN2CCCC3(CCN(c4ccsc4)C3=O)C2)cn1.O=C(O)C(F)(F)F. The van der Waals surface area contributed by atoms with Crippen molar-refractivity contribution in [1.29, 1.82) is 0 Å². The van der Waals surface area contributed by atoms with Crippen LogP contribution in [-0.4, -0.2) is 57.5 Å². The van der Waals surface area contributed by atoms with Crippen LogP contribution in [0.4, 0.5) is 18.9 Å². The van der Waals surface area contributed by atoms with E-state index >= 15 is 0 Å². The minimum atomic E-state index is -5.08. The minimum Gasteiger partial charge on any atom is -0.475 e. The number of anilines is 1. The molecular weight excluding hydrogens is 421 g/mol. The number of hydrogen-bond acceptors (Lipinski definition) is 5. The number of hydrogen-bond donors (Lipinski definition) is 1. The average molecular weight is 444 g/mol. The Morgan fingerprint density at radius 2 is 2.07 bits per heavy atom. The molecule has 164 valence electrons. The van der Waals surface area contributed by atoms with Gasteiger partial charge in [-0.1, -0.05) is 0 Å². The quantitative estimate of drug-likeness (QED) is 0.787. The van der Waals surface area contributed by atoms with Crippen LogP contribution in [0.25, 0.3) is 0 Å². The molecule has 2 aliphatic heterocycles. The Balaban J connectivity index is 0.000000318. The van der Waals surface area contributed by atoms with Crippen LogP contribution in [0, 0.1) is 5.41 Å². The predicted octanol–water partition coefficient (Wildman–Crippen LogP) is 3.13. The number of amides is 1. The molecule has 1 unspecified atom stereocenters. The van der Waals surface area contributed by atoms with Crippen LogP contribution >= 0.6 is 11.3 Å². The number of rotatable bonds is 3. The number of carbonyl (C=O) groups excluding carboxylic acids is 1. The number of aromatic nitrogens is 2. The predicted molar refractivity (Wildman–Crippen MR) is 105 cm³/mol. The smallest absolute Gasteiger partial charge is 0.475 e. The summed E-state index contributed by atoms with van der Waals surface area (Å²) >= 11 is 1.65. The van der Waals surface area contributed by atoms with Gasteiger partial charge in [0.2, 0.25) is 5.91 Å². The van der Waals surface area contributed by atoms with Crippen LogP contribution in [0.2, 0.25) is 0 Å². The third kappa shape index (κ3) is 5.01. The molecule has 1 atom stereocenters. The van der Waals surface area contributed by atoms with E-state index in [1.807, 2.05) is 28.2 Å². The van der Waals surface area contributed by atoms with Gasteiger partial charge in [-0.2, -0.15) is 29.6 Å². The highest BCUT2D eigenvalue weighted by Gasteiger charge is 2.49. The van der Waals surface area contributed by atoms with Crippen LogP contribution in [0.5, 0.6) is 0 Å². The van der Waals surface area contributed by atoms with Crippen molar-refractivity contribution in [2.75, 3.05) is 24.5 Å². The summed E-state index contributed by atoms with van der Waals surface area (Å²) in [5, 5.41) is 15.5. The van der Waals surface area contributed by atoms with Crippen LogP contribution in [0.15, 0.2) is 29.2 Å². The van der Waals surface area contributed by atoms with Crippen LogP contribution < -0.4 is 4.90 Å². The number of alkyl halides is 3. The van der Waals surface area contributed by atoms with Crippen molar-refractivity contribution in [3.8, 4) is 0 Å². The normalized spacial score (nSPS) is 22.3. The largest absolute Gasteiger partial charge is 0.490 e. The molecule has 0 bridgehead atoms. The lowest BCUT2D eigenvalue weighted by Crippen LogP contribution is -2.47. The Bertz CT molecular complexity index is 884. The summed E-state index contributed by atoms with van der Waals surface area (Å²) < 4.78 is 33.6. The molecule has 2 fully saturated rings. The maximum atomic E-state index is 13.1. The highest BCUT2D eigenvalue weighted by molar-refractivity contribution is 7.08. The third-order valence-electron chi connectivity index (χ3n) is 5.39. The Labute approximate surface area is 175 Å². The molecule has 1 amide bonds. The molecule has 11 heteroatoms. The molecule has 30 heavy (non-hydrogen) atoms. The van der Waals surface area contributed by atoms with Crippen LogP contribution in [0.3, 0.4) is 0 Å². The van der Waals surface area contributed by atoms with E-state index in [1.165, 1.54) is 5.56 Å². The lowest BCUT2D eigenvalue weighted by molar-refractivity contribution is -0.192. The molecule has 4 heterocycles. The van der Waals surface area contributed by atoms with Gasteiger partial charge in [0, 0.05) is 43.8 Å². The zero-order valence-electron chi connectivity index (χ0n) is 16.4. The van der Waals surface area contributed by atoms with Gasteiger partial charge in [0.25, 0.3) is 0 Å². The summed E-state index contributed by atoms with van der Waals surface area (Å²) in [4.78, 5) is 26.4. The number of thiophene rings is 1. The van der Waals surface area contributed by atoms with Crippen LogP contribution in [0.1, 0.15) is 24.8 Å². The Morgan fingerprint density at radius 3 is 2.63 bits per heavy atom. The van der Waals surface area contributed by atoms with Gasteiger partial charge in [-0.15, -0.1) is 0 Å². The van der Waals surface area contributed by atoms with Gasteiger partial charge < -0.3 is 10.0 Å². The number of aryl methyl sites for hydroxylation is 1. The van der Waals surface area contributed by atoms with Crippen molar-refractivity contribution in [2.45, 2.75) is 32.0 Å². The average Bonchev–Trinajstić information content (AvgIpc) is 3.39. The first-order valence-electron chi connectivity index (χ1n) is 9.45. The summed E-state index contributed by atoms with van der Waals surface area (Å²) in [7, 11) is 1.94. The van der Waals surface area contributed by atoms with E-state index in [4.69, 9.17) is 9.90 Å². The van der Waals surface area contributed by atoms with E-state index in [0.29, 0.717) is 5.91 Å². The molecule has 7 nitrogen and oxygen atoms in total. The summed E-state index contributed by atoms with van der Waals surface area (Å²) in [6.07, 6.45) is 2.01. The zero-order chi connectivity index (χ0) is 21.9. The molecule has 2 aromatic rings. The van der Waals surface area contributed by atoms with Gasteiger partial charge in [0.05, 0.1) is 17.3 Å². The van der Waals surface area contributed by atoms with E-state index in [9.17, 15) is 18.0 Å². The van der Waals surface area contributed by atoms with Crippen molar-refractivity contribution < 1.29 is 27.9 Å². The van der Waals surface area contributed by atoms with Gasteiger partial charge in [-0.05, 0) is 37.3 Å². The second kappa shape index (κ2) is 8.76. The number of carboxylic acids is 1. The topological polar surface area (TPSA) is 78.7 Å². The highest BCUT2D eigenvalue weighted by Crippen LogP contribution is 2.42. The van der Waals surface area contributed by atoms with Gasteiger partial charge in [0.1, 0.15) is 0 Å². The van der Waals surface area contributed by atoms with Gasteiger partial charge >= 0.3 is 12.1 Å². The minimum absolute atomic E-state index is 0.178. The van der Waals surface area contributed by atoms with Crippen molar-refractivity contribution in [1.82, 2.24) is 14.7 Å². The number of halogens is 3. The Hall–Kier alpha value is -2.40. The number of carboxylic acid groups (broad SMARTS) is 1. The molecule has 1 spiro atoms. The molecule has 0 aromatic carbocycles. The maximum Gasteiger partial charge on any atom is 0.490 e. The summed E-state index contributed by atoms with van der Waals surface area (Å²) in [6, 6.07) is 2.05. The number of nitrogens with zero attached hydrogens (tertiary/aromatic N) is 4. The molecule has 4 rings (SSSR count). The molecule has 0 saturated carbocycles. The van der Waals surface area contributed by atoms with E-state index in [2.05, 4.69) is 27.6 Å². The summed E-state index contributed by atoms with van der Waals surface area (Å²) in [5.74, 6) is -2.43. The summed E-state index contributed by atoms with van der Waals surface area (Å²) in [6.45, 7) is 3.70. The lowest BCUT2D eigenvalue weighted by atomic mass is 9.78. The molecule has 2 aromatic heterocycles. The molecule has 1 N–H and O–H groups in total. The van der Waals surface area contributed by atoms with Gasteiger partial charge in [-0.3, -0.25) is 14.4 Å². The standard InChI is InChI=1S/C17H22N4OS.C2HF3O2/c1-19-10-14(9-18-19)11-20-6-2-4-17(13-20)5-7-21(16(17)22)15-3-8-23-12-15;3-2(4,5)1(6)7/h3,8-10,12H,2,4-7,11,13H2,1H3;(H,6,7). The van der Waals surface area contributed by atoms with Crippen molar-refractivity contribution in [3.05, 3.63) is 34.8 Å². The van der Waals surface area contributed by atoms with E-state index in [-0.39, 0.29) is 5.41 Å². The molecule has 2 aliphatic rings. The third-order valence-corrected chi connectivity index (χ3v) is 6.06. The maximum absolute atomic E-state index is 13.1. The first kappa shape index (κ1) is 22.3. The van der Waals surface area contributed by atoms with E-state index in [1.54, 1.807) is 11.3 Å². The van der Waals surface area contributed by atoms with E-state index < -0.39 is 12.1 Å². The fourth-order valence-corrected chi connectivity index (χ4v) is 4.67. The van der Waals surface area contributed by atoms with Crippen LogP contribution in [-0.2, 0) is 23.2 Å². The van der Waals surface area contributed by atoms with Gasteiger partial charge in [-0.25, -0.2) is 4.79 Å². The highest BCUT2D eigenvalue weighted by atomic mass is 32.1. The van der Waals surface area contributed by atoms with E-state index in [0.717, 1.165) is 51.1 Å². The summed E-state index contributed by atoms with van der Waals surface area (Å²) in [5.41, 5.74) is 2.12. The first-order valence-corrected chi connectivity index (χ1v) is 10.4. The van der Waals surface area contributed by atoms with Crippen molar-refractivity contribution in [3.63, 3.8) is 0 Å². The van der Waals surface area contributed by atoms with Crippen molar-refractivity contribution in [2.24, 2.45) is 12.5 Å². The molecular formula is C19H23F3N4O3S. The fraction of sp³-hybridized carbons (Fsp3) is 0.526. The molecule has 0 aliphatic carbocycles. The number of aliphatic carboxylic acids is 1. The lowest BCUT2D eigenvalue weighted by Gasteiger charge is -2.38. The number of piperidine rings is 1. The van der Waals surface area contributed by atoms with Gasteiger partial charge in [0.15, 0.2) is 0 Å². The number of carbonyl (C=O) groups is 2. The second-order valence-corrected chi connectivity index (χ2v) is 8.39.